The van der Waals surface area contributed by atoms with Gasteiger partial charge in [0.05, 0.1) is 11.9 Å². The minimum atomic E-state index is -0.544. The van der Waals surface area contributed by atoms with Crippen LogP contribution in [0.25, 0.3) is 17.2 Å². The molecule has 0 aliphatic heterocycles. The van der Waals surface area contributed by atoms with Gasteiger partial charge in [0, 0.05) is 32.0 Å². The minimum Gasteiger partial charge on any atom is -0.462 e. The molecule has 3 aromatic carbocycles. The van der Waals surface area contributed by atoms with E-state index in [1.54, 1.807) is 62.4 Å². The van der Waals surface area contributed by atoms with Gasteiger partial charge >= 0.3 is 5.97 Å². The number of hydrogen-bond donors (Lipinski definition) is 3. The standard InChI is InChI=1S/C36H31N3O5S3/c1-3-44-36(43)31-29(24-12-6-4-7-13-24)22-46-35(31)39-32(40)23(2)47-28-17-10-16-26(20-28)37-34(42)30(21-27-18-11-19-45-27)38-33(41)25-14-8-5-9-15-25/h4-23H,3H2,1-2H3,(H,37,42)(H,38,41)(H,39,40)/b30-21-. The minimum absolute atomic E-state index is 0.0929. The number of esters is 1. The Labute approximate surface area is 284 Å². The van der Waals surface area contributed by atoms with Gasteiger partial charge in [-0.15, -0.1) is 34.4 Å². The van der Waals surface area contributed by atoms with Crippen LogP contribution in [-0.4, -0.2) is 35.5 Å². The van der Waals surface area contributed by atoms with Crippen LogP contribution in [0.5, 0.6) is 0 Å². The maximum absolute atomic E-state index is 13.4. The summed E-state index contributed by atoms with van der Waals surface area (Å²) in [6, 6.07) is 29.0. The molecule has 8 nitrogen and oxygen atoms in total. The molecule has 0 aliphatic rings. The van der Waals surface area contributed by atoms with Crippen molar-refractivity contribution in [2.45, 2.75) is 24.0 Å². The summed E-state index contributed by atoms with van der Waals surface area (Å²) in [4.78, 5) is 54.1. The molecular weight excluding hydrogens is 651 g/mol. The van der Waals surface area contributed by atoms with Gasteiger partial charge < -0.3 is 20.7 Å². The van der Waals surface area contributed by atoms with Gasteiger partial charge in [-0.25, -0.2) is 4.79 Å². The lowest BCUT2D eigenvalue weighted by Gasteiger charge is -2.14. The summed E-state index contributed by atoms with van der Waals surface area (Å²) in [5.41, 5.74) is 2.88. The van der Waals surface area contributed by atoms with Gasteiger partial charge in [0.2, 0.25) is 5.91 Å². The monoisotopic (exact) mass is 681 g/mol. The van der Waals surface area contributed by atoms with E-state index in [9.17, 15) is 19.2 Å². The summed E-state index contributed by atoms with van der Waals surface area (Å²) in [7, 11) is 0. The first-order chi connectivity index (χ1) is 22.8. The van der Waals surface area contributed by atoms with E-state index in [4.69, 9.17) is 4.74 Å². The fraction of sp³-hybridized carbons (Fsp3) is 0.111. The first-order valence-corrected chi connectivity index (χ1v) is 17.3. The van der Waals surface area contributed by atoms with Crippen LogP contribution in [0, 0.1) is 0 Å². The molecule has 3 amide bonds. The molecular formula is C36H31N3O5S3. The van der Waals surface area contributed by atoms with Crippen LogP contribution < -0.4 is 16.0 Å². The van der Waals surface area contributed by atoms with Gasteiger partial charge in [-0.05, 0) is 67.3 Å². The molecule has 1 unspecified atom stereocenters. The molecule has 0 saturated heterocycles. The third kappa shape index (κ3) is 8.85. The van der Waals surface area contributed by atoms with Gasteiger partial charge in [-0.2, -0.15) is 0 Å². The second-order valence-electron chi connectivity index (χ2n) is 10.1. The number of hydrogen-bond acceptors (Lipinski definition) is 8. The predicted octanol–water partition coefficient (Wildman–Crippen LogP) is 8.18. The highest BCUT2D eigenvalue weighted by Gasteiger charge is 2.25. The number of amides is 3. The molecule has 2 aromatic heterocycles. The van der Waals surface area contributed by atoms with Crippen molar-refractivity contribution in [2.24, 2.45) is 0 Å². The van der Waals surface area contributed by atoms with Crippen LogP contribution in [0.15, 0.2) is 118 Å². The van der Waals surface area contributed by atoms with Crippen molar-refractivity contribution < 1.29 is 23.9 Å². The highest BCUT2D eigenvalue weighted by Crippen LogP contribution is 2.37. The van der Waals surface area contributed by atoms with E-state index in [0.29, 0.717) is 27.4 Å². The molecule has 3 N–H and O–H groups in total. The normalized spacial score (nSPS) is 11.7. The second kappa shape index (κ2) is 16.0. The molecule has 47 heavy (non-hydrogen) atoms. The summed E-state index contributed by atoms with van der Waals surface area (Å²) in [6.45, 7) is 3.71. The lowest BCUT2D eigenvalue weighted by Crippen LogP contribution is -2.30. The van der Waals surface area contributed by atoms with Gasteiger partial charge in [-0.1, -0.05) is 60.7 Å². The number of benzene rings is 3. The van der Waals surface area contributed by atoms with Crippen LogP contribution >= 0.6 is 34.4 Å². The maximum Gasteiger partial charge on any atom is 0.341 e. The Bertz CT molecular complexity index is 1890. The lowest BCUT2D eigenvalue weighted by molar-refractivity contribution is -0.115. The molecule has 1 atom stereocenters. The van der Waals surface area contributed by atoms with Crippen LogP contribution in [0.1, 0.15) is 39.4 Å². The molecule has 0 fully saturated rings. The Morgan fingerprint density at radius 1 is 0.872 bits per heavy atom. The maximum atomic E-state index is 13.4. The molecule has 0 aliphatic carbocycles. The average molecular weight is 682 g/mol. The third-order valence-corrected chi connectivity index (χ3v) is 9.53. The van der Waals surface area contributed by atoms with Crippen LogP contribution in [0.2, 0.25) is 0 Å². The van der Waals surface area contributed by atoms with E-state index in [-0.39, 0.29) is 18.2 Å². The SMILES string of the molecule is CCOC(=O)c1c(-c2ccccc2)csc1NC(=O)C(C)Sc1cccc(NC(=O)/C(=C/c2cccs2)NC(=O)c2ccccc2)c1. The van der Waals surface area contributed by atoms with Crippen LogP contribution in [0.4, 0.5) is 10.7 Å². The highest BCUT2D eigenvalue weighted by molar-refractivity contribution is 8.00. The van der Waals surface area contributed by atoms with Crippen molar-refractivity contribution in [2.75, 3.05) is 17.2 Å². The number of rotatable bonds is 12. The van der Waals surface area contributed by atoms with E-state index in [1.807, 2.05) is 65.4 Å². The van der Waals surface area contributed by atoms with Gasteiger partial charge in [-0.3, -0.25) is 14.4 Å². The number of carbonyl (C=O) groups excluding carboxylic acids is 4. The van der Waals surface area contributed by atoms with E-state index in [0.717, 1.165) is 15.3 Å². The molecule has 0 bridgehead atoms. The van der Waals surface area contributed by atoms with Crippen LogP contribution in [-0.2, 0) is 14.3 Å². The number of ether oxygens (including phenoxy) is 1. The zero-order valence-electron chi connectivity index (χ0n) is 25.5. The highest BCUT2D eigenvalue weighted by atomic mass is 32.2. The number of thioether (sulfide) groups is 1. The zero-order chi connectivity index (χ0) is 33.2. The first kappa shape index (κ1) is 33.4. The summed E-state index contributed by atoms with van der Waals surface area (Å²) in [5.74, 6) is -1.69. The Hall–Kier alpha value is -4.97. The van der Waals surface area contributed by atoms with Crippen LogP contribution in [0.3, 0.4) is 0 Å². The van der Waals surface area contributed by atoms with Crippen molar-refractivity contribution in [3.63, 3.8) is 0 Å². The molecule has 0 spiro atoms. The number of anilines is 2. The molecule has 5 aromatic rings. The predicted molar refractivity (Wildman–Crippen MR) is 191 cm³/mol. The average Bonchev–Trinajstić information content (AvgIpc) is 3.76. The van der Waals surface area contributed by atoms with Crippen molar-refractivity contribution in [1.29, 1.82) is 0 Å². The van der Waals surface area contributed by atoms with Crippen molar-refractivity contribution in [3.8, 4) is 11.1 Å². The van der Waals surface area contributed by atoms with Crippen molar-refractivity contribution >= 4 is 74.9 Å². The lowest BCUT2D eigenvalue weighted by atomic mass is 10.0. The number of nitrogens with one attached hydrogen (secondary N) is 3. The Morgan fingerprint density at radius 2 is 1.62 bits per heavy atom. The molecule has 238 valence electrons. The Morgan fingerprint density at radius 3 is 2.32 bits per heavy atom. The largest absolute Gasteiger partial charge is 0.462 e. The summed E-state index contributed by atoms with van der Waals surface area (Å²) >= 11 is 4.01. The van der Waals surface area contributed by atoms with Gasteiger partial charge in [0.25, 0.3) is 11.8 Å². The quantitative estimate of drug-likeness (QED) is 0.0696. The number of thiophene rings is 2. The van der Waals surface area contributed by atoms with Crippen molar-refractivity contribution in [3.05, 3.63) is 130 Å². The summed E-state index contributed by atoms with van der Waals surface area (Å²) < 4.78 is 5.31. The molecule has 2 heterocycles. The molecule has 0 saturated carbocycles. The molecule has 5 rings (SSSR count). The Balaban J connectivity index is 1.28. The summed E-state index contributed by atoms with van der Waals surface area (Å²) in [6.07, 6.45) is 1.63. The van der Waals surface area contributed by atoms with E-state index in [1.165, 1.54) is 34.4 Å². The smallest absolute Gasteiger partial charge is 0.341 e. The summed E-state index contributed by atoms with van der Waals surface area (Å²) in [5, 5.41) is 12.1. The van der Waals surface area contributed by atoms with E-state index >= 15 is 0 Å². The fourth-order valence-corrected chi connectivity index (χ4v) is 7.00. The third-order valence-electron chi connectivity index (χ3n) is 6.72. The van der Waals surface area contributed by atoms with Crippen molar-refractivity contribution in [1.82, 2.24) is 5.32 Å². The molecule has 11 heteroatoms. The number of carbonyl (C=O) groups is 4. The van der Waals surface area contributed by atoms with E-state index < -0.39 is 23.0 Å². The topological polar surface area (TPSA) is 114 Å². The van der Waals surface area contributed by atoms with E-state index in [2.05, 4.69) is 16.0 Å². The molecule has 0 radical (unpaired) electrons. The second-order valence-corrected chi connectivity index (χ2v) is 13.3. The fourth-order valence-electron chi connectivity index (χ4n) is 4.46. The van der Waals surface area contributed by atoms with Gasteiger partial charge in [0.1, 0.15) is 16.3 Å². The van der Waals surface area contributed by atoms with Gasteiger partial charge in [0.15, 0.2) is 0 Å². The first-order valence-electron chi connectivity index (χ1n) is 14.7. The zero-order valence-corrected chi connectivity index (χ0v) is 28.0. The Kier molecular flexibility index (Phi) is 11.4.